The van der Waals surface area contributed by atoms with Crippen LogP contribution in [0.15, 0.2) is 34.5 Å². The van der Waals surface area contributed by atoms with Crippen molar-refractivity contribution in [2.24, 2.45) is 11.8 Å². The number of Topliss-reactive ketones (excluding diaryl/α,β-unsaturated/α-hetero) is 1. The van der Waals surface area contributed by atoms with Crippen LogP contribution in [0.2, 0.25) is 0 Å². The lowest BCUT2D eigenvalue weighted by molar-refractivity contribution is -0.121. The number of carbonyl (C=O) groups is 1. The SMILES string of the molecule is CCC(C)C(=O)Cc1nc(-c2ccc(S(=O)(=O)N3CCC(C)CC3)cc2)cs1. The Labute approximate surface area is 171 Å². The van der Waals surface area contributed by atoms with Crippen molar-refractivity contribution >= 4 is 27.1 Å². The molecule has 1 saturated heterocycles. The van der Waals surface area contributed by atoms with E-state index in [4.69, 9.17) is 0 Å². The first-order valence-corrected chi connectivity index (χ1v) is 12.2. The van der Waals surface area contributed by atoms with Gasteiger partial charge in [0.15, 0.2) is 0 Å². The Morgan fingerprint density at radius 1 is 1.25 bits per heavy atom. The highest BCUT2D eigenvalue weighted by atomic mass is 32.2. The van der Waals surface area contributed by atoms with Crippen LogP contribution in [0.4, 0.5) is 0 Å². The van der Waals surface area contributed by atoms with E-state index >= 15 is 0 Å². The molecule has 1 atom stereocenters. The van der Waals surface area contributed by atoms with E-state index in [2.05, 4.69) is 11.9 Å². The summed E-state index contributed by atoms with van der Waals surface area (Å²) < 4.78 is 27.3. The maximum atomic E-state index is 12.8. The zero-order valence-electron chi connectivity index (χ0n) is 16.7. The summed E-state index contributed by atoms with van der Waals surface area (Å²) in [6, 6.07) is 6.92. The third kappa shape index (κ3) is 4.70. The zero-order chi connectivity index (χ0) is 20.3. The fraction of sp³-hybridized carbons (Fsp3) is 0.524. The number of ketones is 1. The van der Waals surface area contributed by atoms with E-state index in [-0.39, 0.29) is 11.7 Å². The molecule has 2 heterocycles. The molecular formula is C21H28N2O3S2. The fourth-order valence-corrected chi connectivity index (χ4v) is 5.53. The van der Waals surface area contributed by atoms with E-state index in [9.17, 15) is 13.2 Å². The lowest BCUT2D eigenvalue weighted by Crippen LogP contribution is -2.37. The summed E-state index contributed by atoms with van der Waals surface area (Å²) in [5.74, 6) is 0.843. The predicted molar refractivity (Wildman–Crippen MR) is 113 cm³/mol. The zero-order valence-corrected chi connectivity index (χ0v) is 18.4. The molecule has 0 saturated carbocycles. The minimum absolute atomic E-state index is 0.0506. The number of hydrogen-bond acceptors (Lipinski definition) is 5. The van der Waals surface area contributed by atoms with Crippen LogP contribution >= 0.6 is 11.3 Å². The van der Waals surface area contributed by atoms with E-state index < -0.39 is 10.0 Å². The van der Waals surface area contributed by atoms with Crippen molar-refractivity contribution in [2.75, 3.05) is 13.1 Å². The molecule has 0 spiro atoms. The minimum atomic E-state index is -3.44. The molecule has 2 aromatic rings. The van der Waals surface area contributed by atoms with E-state index in [0.29, 0.717) is 30.3 Å². The van der Waals surface area contributed by atoms with E-state index in [1.54, 1.807) is 28.6 Å². The maximum Gasteiger partial charge on any atom is 0.243 e. The van der Waals surface area contributed by atoms with Crippen molar-refractivity contribution in [3.63, 3.8) is 0 Å². The normalized spacial score (nSPS) is 17.5. The van der Waals surface area contributed by atoms with Gasteiger partial charge < -0.3 is 0 Å². The topological polar surface area (TPSA) is 67.3 Å². The molecule has 5 nitrogen and oxygen atoms in total. The highest BCUT2D eigenvalue weighted by molar-refractivity contribution is 7.89. The Hall–Kier alpha value is -1.57. The maximum absolute atomic E-state index is 12.8. The molecule has 0 aliphatic carbocycles. The first kappa shape index (κ1) is 21.1. The third-order valence-electron chi connectivity index (χ3n) is 5.57. The van der Waals surface area contributed by atoms with Crippen LogP contribution in [-0.4, -0.2) is 36.6 Å². The summed E-state index contributed by atoms with van der Waals surface area (Å²) in [4.78, 5) is 17.0. The van der Waals surface area contributed by atoms with Gasteiger partial charge in [-0.1, -0.05) is 32.9 Å². The molecule has 0 bridgehead atoms. The summed E-state index contributed by atoms with van der Waals surface area (Å²) >= 11 is 1.47. The van der Waals surface area contributed by atoms with Gasteiger partial charge in [-0.25, -0.2) is 13.4 Å². The van der Waals surface area contributed by atoms with Crippen molar-refractivity contribution in [3.05, 3.63) is 34.7 Å². The molecule has 1 aliphatic heterocycles. The molecule has 0 amide bonds. The van der Waals surface area contributed by atoms with Crippen LogP contribution in [-0.2, 0) is 21.2 Å². The molecule has 1 aliphatic rings. The van der Waals surface area contributed by atoms with Crippen molar-refractivity contribution < 1.29 is 13.2 Å². The molecule has 1 unspecified atom stereocenters. The monoisotopic (exact) mass is 420 g/mol. The molecule has 0 N–H and O–H groups in total. The average Bonchev–Trinajstić information content (AvgIpc) is 3.16. The van der Waals surface area contributed by atoms with E-state index in [0.717, 1.165) is 35.5 Å². The van der Waals surface area contributed by atoms with Crippen molar-refractivity contribution in [1.29, 1.82) is 0 Å². The molecule has 28 heavy (non-hydrogen) atoms. The Morgan fingerprint density at radius 3 is 2.50 bits per heavy atom. The summed E-state index contributed by atoms with van der Waals surface area (Å²) in [7, 11) is -3.44. The molecule has 7 heteroatoms. The van der Waals surface area contributed by atoms with Gasteiger partial charge in [0.25, 0.3) is 0 Å². The number of thiazole rings is 1. The molecule has 1 aromatic heterocycles. The molecular weight excluding hydrogens is 392 g/mol. The second-order valence-corrected chi connectivity index (χ2v) is 10.6. The van der Waals surface area contributed by atoms with Crippen molar-refractivity contribution in [3.8, 4) is 11.3 Å². The number of hydrogen-bond donors (Lipinski definition) is 0. The average molecular weight is 421 g/mol. The molecule has 152 valence electrons. The Morgan fingerprint density at radius 2 is 1.89 bits per heavy atom. The van der Waals surface area contributed by atoms with Gasteiger partial charge in [0.2, 0.25) is 10.0 Å². The van der Waals surface area contributed by atoms with Crippen molar-refractivity contribution in [2.45, 2.75) is 51.3 Å². The third-order valence-corrected chi connectivity index (χ3v) is 8.33. The highest BCUT2D eigenvalue weighted by Crippen LogP contribution is 2.27. The Balaban J connectivity index is 1.72. The van der Waals surface area contributed by atoms with Crippen LogP contribution in [0.3, 0.4) is 0 Å². The number of piperidine rings is 1. The number of carbonyl (C=O) groups excluding carboxylic acids is 1. The lowest BCUT2D eigenvalue weighted by atomic mass is 10.0. The van der Waals surface area contributed by atoms with Gasteiger partial charge in [0, 0.05) is 30.0 Å². The second kappa shape index (κ2) is 8.84. The minimum Gasteiger partial charge on any atom is -0.299 e. The van der Waals surface area contributed by atoms with E-state index in [1.807, 2.05) is 19.2 Å². The smallest absolute Gasteiger partial charge is 0.243 e. The van der Waals surface area contributed by atoms with Gasteiger partial charge in [0.1, 0.15) is 10.8 Å². The second-order valence-electron chi connectivity index (χ2n) is 7.69. The Kier molecular flexibility index (Phi) is 6.68. The van der Waals surface area contributed by atoms with Crippen LogP contribution < -0.4 is 0 Å². The summed E-state index contributed by atoms with van der Waals surface area (Å²) in [5.41, 5.74) is 1.65. The predicted octanol–water partition coefficient (Wildman–Crippen LogP) is 4.39. The standard InChI is InChI=1S/C21H28N2O3S2/c1-4-16(3)20(24)13-21-22-19(14-27-21)17-5-7-18(8-6-17)28(25,26)23-11-9-15(2)10-12-23/h5-8,14-16H,4,9-13H2,1-3H3. The summed E-state index contributed by atoms with van der Waals surface area (Å²) in [5, 5.41) is 2.73. The lowest BCUT2D eigenvalue weighted by Gasteiger charge is -2.29. The molecule has 0 radical (unpaired) electrons. The number of rotatable bonds is 7. The van der Waals surface area contributed by atoms with Gasteiger partial charge >= 0.3 is 0 Å². The van der Waals surface area contributed by atoms with Crippen LogP contribution in [0, 0.1) is 11.8 Å². The van der Waals surface area contributed by atoms with Crippen LogP contribution in [0.5, 0.6) is 0 Å². The summed E-state index contributed by atoms with van der Waals surface area (Å²) in [6.45, 7) is 7.29. The quantitative estimate of drug-likeness (QED) is 0.666. The fourth-order valence-electron chi connectivity index (χ4n) is 3.25. The number of sulfonamides is 1. The van der Waals surface area contributed by atoms with Crippen LogP contribution in [0.1, 0.15) is 45.0 Å². The molecule has 1 aromatic carbocycles. The number of nitrogens with zero attached hydrogens (tertiary/aromatic N) is 2. The first-order chi connectivity index (χ1) is 13.3. The van der Waals surface area contributed by atoms with Gasteiger partial charge in [0.05, 0.1) is 17.0 Å². The van der Waals surface area contributed by atoms with Gasteiger partial charge in [-0.15, -0.1) is 11.3 Å². The molecule has 1 fully saturated rings. The van der Waals surface area contributed by atoms with E-state index in [1.165, 1.54) is 11.3 Å². The van der Waals surface area contributed by atoms with Crippen LogP contribution in [0.25, 0.3) is 11.3 Å². The van der Waals surface area contributed by atoms with Gasteiger partial charge in [-0.2, -0.15) is 4.31 Å². The van der Waals surface area contributed by atoms with Crippen molar-refractivity contribution in [1.82, 2.24) is 9.29 Å². The number of aromatic nitrogens is 1. The largest absolute Gasteiger partial charge is 0.299 e. The molecule has 3 rings (SSSR count). The Bertz CT molecular complexity index is 911. The van der Waals surface area contributed by atoms with Gasteiger partial charge in [-0.05, 0) is 37.3 Å². The number of benzene rings is 1. The van der Waals surface area contributed by atoms with Gasteiger partial charge in [-0.3, -0.25) is 4.79 Å². The first-order valence-electron chi connectivity index (χ1n) is 9.89. The summed E-state index contributed by atoms with van der Waals surface area (Å²) in [6.07, 6.45) is 3.02. The highest BCUT2D eigenvalue weighted by Gasteiger charge is 2.28.